The van der Waals surface area contributed by atoms with Crippen LogP contribution in [0.4, 0.5) is 0 Å². The van der Waals surface area contributed by atoms with E-state index in [0.717, 1.165) is 62.1 Å². The fourth-order valence-electron chi connectivity index (χ4n) is 4.23. The highest BCUT2D eigenvalue weighted by molar-refractivity contribution is 6.07. The van der Waals surface area contributed by atoms with Crippen LogP contribution in [-0.4, -0.2) is 71.1 Å². The molecule has 1 fully saturated rings. The molecule has 2 N–H and O–H groups in total. The van der Waals surface area contributed by atoms with E-state index in [2.05, 4.69) is 27.0 Å². The number of nitrogens with one attached hydrogen (secondary N) is 2. The highest BCUT2D eigenvalue weighted by Gasteiger charge is 2.18. The Hall–Kier alpha value is -2.64. The van der Waals surface area contributed by atoms with Crippen molar-refractivity contribution in [2.45, 2.75) is 13.3 Å². The molecule has 0 saturated carbocycles. The molecule has 154 valence electrons. The molecule has 0 bridgehead atoms. The van der Waals surface area contributed by atoms with Crippen molar-refractivity contribution in [3.63, 3.8) is 0 Å². The number of likely N-dealkylation sites (N-methyl/N-ethyl adjacent to an activating group) is 1. The van der Waals surface area contributed by atoms with Crippen LogP contribution in [0.15, 0.2) is 35.1 Å². The number of hydrogen-bond donors (Lipinski definition) is 2. The molecule has 1 aromatic carbocycles. The summed E-state index contributed by atoms with van der Waals surface area (Å²) in [4.78, 5) is 33.0. The number of fused-ring (bicyclic) bond motifs is 3. The minimum atomic E-state index is -0.167. The molecule has 1 saturated heterocycles. The molecule has 3 heterocycles. The Balaban J connectivity index is 1.41. The van der Waals surface area contributed by atoms with Gasteiger partial charge in [0.15, 0.2) is 0 Å². The van der Waals surface area contributed by atoms with Crippen molar-refractivity contribution in [2.24, 2.45) is 7.05 Å². The third kappa shape index (κ3) is 3.93. The van der Waals surface area contributed by atoms with Crippen molar-refractivity contribution in [1.82, 2.24) is 24.7 Å². The van der Waals surface area contributed by atoms with E-state index in [1.165, 1.54) is 0 Å². The van der Waals surface area contributed by atoms with Crippen LogP contribution in [-0.2, 0) is 7.05 Å². The van der Waals surface area contributed by atoms with Crippen molar-refractivity contribution in [1.29, 1.82) is 0 Å². The minimum Gasteiger partial charge on any atom is -0.351 e. The molecule has 0 radical (unpaired) electrons. The molecule has 1 aliphatic heterocycles. The van der Waals surface area contributed by atoms with Gasteiger partial charge in [0.2, 0.25) is 0 Å². The van der Waals surface area contributed by atoms with Gasteiger partial charge < -0.3 is 24.7 Å². The quantitative estimate of drug-likeness (QED) is 0.624. The van der Waals surface area contributed by atoms with E-state index in [-0.39, 0.29) is 11.5 Å². The first-order chi connectivity index (χ1) is 14.1. The Morgan fingerprint density at radius 2 is 1.83 bits per heavy atom. The van der Waals surface area contributed by atoms with Gasteiger partial charge in [0.1, 0.15) is 5.69 Å². The summed E-state index contributed by atoms with van der Waals surface area (Å²) < 4.78 is 1.83. The van der Waals surface area contributed by atoms with Gasteiger partial charge in [-0.05, 0) is 31.6 Å². The molecule has 0 atom stereocenters. The second kappa shape index (κ2) is 8.39. The van der Waals surface area contributed by atoms with Gasteiger partial charge in [-0.3, -0.25) is 9.59 Å². The summed E-state index contributed by atoms with van der Waals surface area (Å²) in [6, 6.07) is 9.37. The number of para-hydroxylation sites is 1. The Morgan fingerprint density at radius 3 is 2.59 bits per heavy atom. The van der Waals surface area contributed by atoms with E-state index in [1.807, 2.05) is 35.9 Å². The zero-order valence-corrected chi connectivity index (χ0v) is 17.2. The summed E-state index contributed by atoms with van der Waals surface area (Å²) in [5.74, 6) is -0.136. The molecular formula is C22H29N5O2. The number of aromatic nitrogens is 2. The molecule has 7 nitrogen and oxygen atoms in total. The number of carbonyl (C=O) groups excluding carboxylic acids is 1. The van der Waals surface area contributed by atoms with E-state index < -0.39 is 0 Å². The summed E-state index contributed by atoms with van der Waals surface area (Å²) in [7, 11) is 1.84. The molecule has 4 rings (SSSR count). The average molecular weight is 396 g/mol. The molecule has 1 aliphatic rings. The van der Waals surface area contributed by atoms with Crippen LogP contribution in [0.2, 0.25) is 0 Å². The zero-order chi connectivity index (χ0) is 20.4. The normalized spacial score (nSPS) is 15.9. The summed E-state index contributed by atoms with van der Waals surface area (Å²) in [5.41, 5.74) is 1.92. The zero-order valence-electron chi connectivity index (χ0n) is 17.2. The van der Waals surface area contributed by atoms with Gasteiger partial charge in [-0.25, -0.2) is 0 Å². The maximum atomic E-state index is 12.8. The highest BCUT2D eigenvalue weighted by Crippen LogP contribution is 2.23. The number of H-pyrrole nitrogens is 1. The summed E-state index contributed by atoms with van der Waals surface area (Å²) in [5, 5.41) is 4.50. The SMILES string of the molecule is CCN1CCN(CCCNC(=O)c2cc3c(=O)[nH]c4ccccc4c3n2C)CC1. The monoisotopic (exact) mass is 395 g/mol. The van der Waals surface area contributed by atoms with Crippen molar-refractivity contribution in [2.75, 3.05) is 45.8 Å². The van der Waals surface area contributed by atoms with Crippen LogP contribution >= 0.6 is 0 Å². The first kappa shape index (κ1) is 19.7. The second-order valence-electron chi connectivity index (χ2n) is 7.74. The molecule has 29 heavy (non-hydrogen) atoms. The number of nitrogens with zero attached hydrogens (tertiary/aromatic N) is 3. The lowest BCUT2D eigenvalue weighted by atomic mass is 10.1. The van der Waals surface area contributed by atoms with Crippen LogP contribution in [0, 0.1) is 0 Å². The minimum absolute atomic E-state index is 0.136. The Morgan fingerprint density at radius 1 is 1.10 bits per heavy atom. The number of amides is 1. The van der Waals surface area contributed by atoms with Gasteiger partial charge in [0.05, 0.1) is 16.4 Å². The number of benzene rings is 1. The molecular weight excluding hydrogens is 366 g/mol. The van der Waals surface area contributed by atoms with E-state index >= 15 is 0 Å². The number of aromatic amines is 1. The van der Waals surface area contributed by atoms with Crippen molar-refractivity contribution in [3.05, 3.63) is 46.4 Å². The van der Waals surface area contributed by atoms with Gasteiger partial charge in [0, 0.05) is 45.2 Å². The summed E-state index contributed by atoms with van der Waals surface area (Å²) in [6.45, 7) is 9.40. The van der Waals surface area contributed by atoms with Crippen LogP contribution < -0.4 is 10.9 Å². The van der Waals surface area contributed by atoms with Crippen LogP contribution in [0.5, 0.6) is 0 Å². The summed E-state index contributed by atoms with van der Waals surface area (Å²) in [6.07, 6.45) is 0.922. The molecule has 1 amide bonds. The molecule has 3 aromatic rings. The molecule has 7 heteroatoms. The van der Waals surface area contributed by atoms with E-state index in [0.29, 0.717) is 17.6 Å². The van der Waals surface area contributed by atoms with Crippen molar-refractivity contribution < 1.29 is 4.79 Å². The number of piperazine rings is 1. The Kier molecular flexibility index (Phi) is 5.69. The fourth-order valence-corrected chi connectivity index (χ4v) is 4.23. The first-order valence-electron chi connectivity index (χ1n) is 10.4. The fraction of sp³-hybridized carbons (Fsp3) is 0.455. The highest BCUT2D eigenvalue weighted by atomic mass is 16.2. The Bertz CT molecular complexity index is 1080. The molecule has 2 aromatic heterocycles. The number of hydrogen-bond acceptors (Lipinski definition) is 4. The standard InChI is InChI=1S/C22H29N5O2/c1-3-26-11-13-27(14-12-26)10-6-9-23-22(29)19-15-17-20(25(19)2)16-7-4-5-8-18(16)24-21(17)28/h4-5,7-8,15H,3,6,9-14H2,1-2H3,(H,23,29)(H,24,28). The predicted molar refractivity (Wildman–Crippen MR) is 117 cm³/mol. The van der Waals surface area contributed by atoms with Gasteiger partial charge >= 0.3 is 0 Å². The van der Waals surface area contributed by atoms with Gasteiger partial charge in [0.25, 0.3) is 11.5 Å². The summed E-state index contributed by atoms with van der Waals surface area (Å²) >= 11 is 0. The Labute approximate surface area is 170 Å². The average Bonchev–Trinajstić information content (AvgIpc) is 3.10. The van der Waals surface area contributed by atoms with Gasteiger partial charge in [-0.15, -0.1) is 0 Å². The van der Waals surface area contributed by atoms with Crippen molar-refractivity contribution in [3.8, 4) is 0 Å². The largest absolute Gasteiger partial charge is 0.351 e. The number of aryl methyl sites for hydroxylation is 1. The van der Waals surface area contributed by atoms with Crippen LogP contribution in [0.1, 0.15) is 23.8 Å². The number of carbonyl (C=O) groups is 1. The van der Waals surface area contributed by atoms with Gasteiger partial charge in [-0.2, -0.15) is 0 Å². The topological polar surface area (TPSA) is 73.4 Å². The van der Waals surface area contributed by atoms with E-state index in [1.54, 1.807) is 6.07 Å². The maximum absolute atomic E-state index is 12.8. The predicted octanol–water partition coefficient (Wildman–Crippen LogP) is 1.78. The molecule has 0 spiro atoms. The third-order valence-electron chi connectivity index (χ3n) is 5.99. The molecule has 0 unspecified atom stereocenters. The first-order valence-corrected chi connectivity index (χ1v) is 10.4. The lowest BCUT2D eigenvalue weighted by Gasteiger charge is -2.33. The number of pyridine rings is 1. The lowest BCUT2D eigenvalue weighted by Crippen LogP contribution is -2.46. The third-order valence-corrected chi connectivity index (χ3v) is 5.99. The van der Waals surface area contributed by atoms with Crippen LogP contribution in [0.3, 0.4) is 0 Å². The smallest absolute Gasteiger partial charge is 0.267 e. The van der Waals surface area contributed by atoms with E-state index in [9.17, 15) is 9.59 Å². The van der Waals surface area contributed by atoms with Gasteiger partial charge in [-0.1, -0.05) is 25.1 Å². The molecule has 0 aliphatic carbocycles. The van der Waals surface area contributed by atoms with Crippen molar-refractivity contribution >= 4 is 27.7 Å². The van der Waals surface area contributed by atoms with E-state index in [4.69, 9.17) is 0 Å². The van der Waals surface area contributed by atoms with Crippen LogP contribution in [0.25, 0.3) is 21.8 Å². The number of rotatable bonds is 6. The lowest BCUT2D eigenvalue weighted by molar-refractivity contribution is 0.0940. The second-order valence-corrected chi connectivity index (χ2v) is 7.74. The maximum Gasteiger partial charge on any atom is 0.267 e.